The molecule has 0 unspecified atom stereocenters. The average molecular weight is 354 g/mol. The number of ether oxygens (including phenoxy) is 1. The molecule has 1 fully saturated rings. The number of aromatic nitrogens is 1. The Morgan fingerprint density at radius 1 is 1.26 bits per heavy atom. The number of carbonyl (C=O) groups excluding carboxylic acids is 1. The Morgan fingerprint density at radius 3 is 2.78 bits per heavy atom. The van der Waals surface area contributed by atoms with Gasteiger partial charge in [0.25, 0.3) is 5.91 Å². The van der Waals surface area contributed by atoms with Crippen LogP contribution in [0, 0.1) is 0 Å². The Kier molecular flexibility index (Phi) is 6.38. The van der Waals surface area contributed by atoms with E-state index in [0.29, 0.717) is 4.88 Å². The van der Waals surface area contributed by atoms with Gasteiger partial charge >= 0.3 is 0 Å². The van der Waals surface area contributed by atoms with Crippen molar-refractivity contribution in [1.29, 1.82) is 0 Å². The van der Waals surface area contributed by atoms with Crippen molar-refractivity contribution in [3.63, 3.8) is 0 Å². The summed E-state index contributed by atoms with van der Waals surface area (Å²) >= 11 is 1.44. The van der Waals surface area contributed by atoms with E-state index < -0.39 is 0 Å². The summed E-state index contributed by atoms with van der Waals surface area (Å²) in [7, 11) is 1.64. The second kappa shape index (κ2) is 8.29. The molecular formula is C16H20ClN3O2S. The van der Waals surface area contributed by atoms with E-state index in [9.17, 15) is 4.79 Å². The lowest BCUT2D eigenvalue weighted by molar-refractivity contribution is 0.0771. The molecule has 0 saturated carbocycles. The molecule has 23 heavy (non-hydrogen) atoms. The smallest absolute Gasteiger partial charge is 0.265 e. The third-order valence-electron chi connectivity index (χ3n) is 3.68. The quantitative estimate of drug-likeness (QED) is 0.921. The van der Waals surface area contributed by atoms with Crippen LogP contribution in [0.2, 0.25) is 0 Å². The largest absolute Gasteiger partial charge is 0.497 e. The maximum absolute atomic E-state index is 12.5. The number of nitrogens with zero attached hydrogens (tertiary/aromatic N) is 2. The number of rotatable bonds is 3. The summed E-state index contributed by atoms with van der Waals surface area (Å²) in [5.41, 5.74) is 1.00. The van der Waals surface area contributed by atoms with E-state index in [1.807, 2.05) is 29.2 Å². The molecule has 7 heteroatoms. The standard InChI is InChI=1S/C16H19N3O2S.ClH/c1-21-13-5-3-12(4-6-13)15-18-11-14(22-15)16(20)19-9-2-7-17-8-10-19;/h3-6,11,17H,2,7-10H2,1H3;1H. The molecule has 0 atom stereocenters. The van der Waals surface area contributed by atoms with Gasteiger partial charge in [0.05, 0.1) is 13.3 Å². The number of amides is 1. The highest BCUT2D eigenvalue weighted by Crippen LogP contribution is 2.27. The molecule has 124 valence electrons. The molecule has 0 aliphatic carbocycles. The summed E-state index contributed by atoms with van der Waals surface area (Å²) in [6, 6.07) is 7.72. The van der Waals surface area contributed by atoms with Crippen LogP contribution in [0.5, 0.6) is 5.75 Å². The third-order valence-corrected chi connectivity index (χ3v) is 4.72. The van der Waals surface area contributed by atoms with Crippen LogP contribution in [0.25, 0.3) is 10.6 Å². The monoisotopic (exact) mass is 353 g/mol. The van der Waals surface area contributed by atoms with Gasteiger partial charge in [-0.1, -0.05) is 0 Å². The first kappa shape index (κ1) is 17.7. The van der Waals surface area contributed by atoms with E-state index in [1.54, 1.807) is 13.3 Å². The highest BCUT2D eigenvalue weighted by Gasteiger charge is 2.19. The fourth-order valence-corrected chi connectivity index (χ4v) is 3.33. The van der Waals surface area contributed by atoms with Crippen LogP contribution < -0.4 is 10.1 Å². The molecule has 3 rings (SSSR count). The fourth-order valence-electron chi connectivity index (χ4n) is 2.44. The van der Waals surface area contributed by atoms with E-state index in [0.717, 1.165) is 48.9 Å². The van der Waals surface area contributed by atoms with Gasteiger partial charge in [-0.3, -0.25) is 4.79 Å². The minimum absolute atomic E-state index is 0. The maximum Gasteiger partial charge on any atom is 0.265 e. The summed E-state index contributed by atoms with van der Waals surface area (Å²) in [6.45, 7) is 3.40. The van der Waals surface area contributed by atoms with Crippen LogP contribution in [0.1, 0.15) is 16.1 Å². The van der Waals surface area contributed by atoms with E-state index in [1.165, 1.54) is 11.3 Å². The summed E-state index contributed by atoms with van der Waals surface area (Å²) < 4.78 is 5.16. The van der Waals surface area contributed by atoms with Gasteiger partial charge in [0, 0.05) is 25.2 Å². The molecule has 5 nitrogen and oxygen atoms in total. The van der Waals surface area contributed by atoms with Crippen LogP contribution >= 0.6 is 23.7 Å². The Labute approximate surface area is 146 Å². The molecule has 0 bridgehead atoms. The Balaban J connectivity index is 0.00000192. The van der Waals surface area contributed by atoms with Crippen LogP contribution in [0.3, 0.4) is 0 Å². The van der Waals surface area contributed by atoms with Gasteiger partial charge < -0.3 is 15.0 Å². The van der Waals surface area contributed by atoms with Crippen molar-refractivity contribution in [3.8, 4) is 16.3 Å². The van der Waals surface area contributed by atoms with E-state index in [-0.39, 0.29) is 18.3 Å². The lowest BCUT2D eigenvalue weighted by atomic mass is 10.2. The number of benzene rings is 1. The van der Waals surface area contributed by atoms with Gasteiger partial charge in [-0.15, -0.1) is 23.7 Å². The summed E-state index contributed by atoms with van der Waals surface area (Å²) in [5, 5.41) is 4.17. The number of nitrogens with one attached hydrogen (secondary N) is 1. The Bertz CT molecular complexity index is 637. The molecule has 1 amide bonds. The Hall–Kier alpha value is -1.63. The summed E-state index contributed by atoms with van der Waals surface area (Å²) in [6.07, 6.45) is 2.68. The molecule has 0 radical (unpaired) electrons. The number of thiazole rings is 1. The van der Waals surface area contributed by atoms with E-state index in [2.05, 4.69) is 10.3 Å². The van der Waals surface area contributed by atoms with Crippen LogP contribution in [0.15, 0.2) is 30.5 Å². The molecule has 2 aromatic rings. The van der Waals surface area contributed by atoms with Gasteiger partial charge in [-0.25, -0.2) is 4.98 Å². The predicted molar refractivity (Wildman–Crippen MR) is 94.7 cm³/mol. The first-order chi connectivity index (χ1) is 10.8. The zero-order valence-electron chi connectivity index (χ0n) is 12.9. The summed E-state index contributed by atoms with van der Waals surface area (Å²) in [4.78, 5) is 19.6. The van der Waals surface area contributed by atoms with Crippen molar-refractivity contribution >= 4 is 29.7 Å². The van der Waals surface area contributed by atoms with Crippen molar-refractivity contribution in [2.45, 2.75) is 6.42 Å². The minimum Gasteiger partial charge on any atom is -0.497 e. The predicted octanol–water partition coefficient (Wildman–Crippen LogP) is 2.68. The zero-order valence-corrected chi connectivity index (χ0v) is 14.6. The van der Waals surface area contributed by atoms with E-state index >= 15 is 0 Å². The number of halogens is 1. The normalized spacial score (nSPS) is 14.7. The molecule has 1 aromatic carbocycles. The second-order valence-corrected chi connectivity index (χ2v) is 6.18. The van der Waals surface area contributed by atoms with Crippen LogP contribution in [-0.4, -0.2) is 49.1 Å². The summed E-state index contributed by atoms with van der Waals surface area (Å²) in [5.74, 6) is 0.898. The number of carbonyl (C=O) groups is 1. The highest BCUT2D eigenvalue weighted by molar-refractivity contribution is 7.16. The molecule has 1 aliphatic heterocycles. The van der Waals surface area contributed by atoms with Gasteiger partial charge in [0.1, 0.15) is 15.6 Å². The molecule has 0 spiro atoms. The van der Waals surface area contributed by atoms with Crippen LogP contribution in [-0.2, 0) is 0 Å². The maximum atomic E-state index is 12.5. The average Bonchev–Trinajstić information content (AvgIpc) is 2.90. The second-order valence-electron chi connectivity index (χ2n) is 5.15. The molecule has 1 aromatic heterocycles. The Morgan fingerprint density at radius 2 is 2.04 bits per heavy atom. The van der Waals surface area contributed by atoms with Crippen molar-refractivity contribution in [3.05, 3.63) is 35.3 Å². The van der Waals surface area contributed by atoms with Gasteiger partial charge in [-0.05, 0) is 37.2 Å². The minimum atomic E-state index is 0. The number of hydrogen-bond donors (Lipinski definition) is 1. The molecule has 1 saturated heterocycles. The zero-order chi connectivity index (χ0) is 15.4. The first-order valence-corrected chi connectivity index (χ1v) is 8.20. The van der Waals surface area contributed by atoms with Crippen LogP contribution in [0.4, 0.5) is 0 Å². The van der Waals surface area contributed by atoms with Gasteiger partial charge in [0.15, 0.2) is 0 Å². The third kappa shape index (κ3) is 4.22. The van der Waals surface area contributed by atoms with Gasteiger partial charge in [-0.2, -0.15) is 0 Å². The lowest BCUT2D eigenvalue weighted by Gasteiger charge is -2.18. The fraction of sp³-hybridized carbons (Fsp3) is 0.375. The number of hydrogen-bond acceptors (Lipinski definition) is 5. The van der Waals surface area contributed by atoms with E-state index in [4.69, 9.17) is 4.74 Å². The first-order valence-electron chi connectivity index (χ1n) is 7.38. The van der Waals surface area contributed by atoms with Crippen molar-refractivity contribution in [2.24, 2.45) is 0 Å². The van der Waals surface area contributed by atoms with Crippen molar-refractivity contribution < 1.29 is 9.53 Å². The molecule has 1 aliphatic rings. The van der Waals surface area contributed by atoms with Crippen molar-refractivity contribution in [2.75, 3.05) is 33.3 Å². The highest BCUT2D eigenvalue weighted by atomic mass is 35.5. The molecule has 1 N–H and O–H groups in total. The van der Waals surface area contributed by atoms with Crippen molar-refractivity contribution in [1.82, 2.24) is 15.2 Å². The topological polar surface area (TPSA) is 54.5 Å². The number of methoxy groups -OCH3 is 1. The molecular weight excluding hydrogens is 334 g/mol. The lowest BCUT2D eigenvalue weighted by Crippen LogP contribution is -2.33. The van der Waals surface area contributed by atoms with Gasteiger partial charge in [0.2, 0.25) is 0 Å². The molecule has 2 heterocycles. The SMILES string of the molecule is COc1ccc(-c2ncc(C(=O)N3CCCNCC3)s2)cc1.Cl.